The average Bonchev–Trinajstić information content (AvgIpc) is 3.26. The average molecular weight is 443 g/mol. The van der Waals surface area contributed by atoms with Crippen molar-refractivity contribution in [1.82, 2.24) is 0 Å². The van der Waals surface area contributed by atoms with Gasteiger partial charge in [-0.05, 0) is 44.9 Å². The monoisotopic (exact) mass is 443 g/mol. The minimum absolute atomic E-state index is 0.00443. The molecule has 170 valence electrons. The normalized spacial score (nSPS) is 23.5. The minimum Gasteiger partial charge on any atom is -0.465 e. The maximum Gasteiger partial charge on any atom is 0.334 e. The van der Waals surface area contributed by atoms with Crippen LogP contribution in [0.5, 0.6) is 11.5 Å². The number of ether oxygens (including phenoxy) is 5. The number of rotatable bonds is 7. The highest BCUT2D eigenvalue weighted by Crippen LogP contribution is 2.53. The van der Waals surface area contributed by atoms with Crippen molar-refractivity contribution >= 4 is 17.9 Å². The van der Waals surface area contributed by atoms with Gasteiger partial charge in [-0.15, -0.1) is 0 Å². The van der Waals surface area contributed by atoms with Gasteiger partial charge < -0.3 is 23.7 Å². The molecule has 0 fully saturated rings. The van der Waals surface area contributed by atoms with E-state index in [1.54, 1.807) is 39.0 Å². The summed E-state index contributed by atoms with van der Waals surface area (Å²) in [6.07, 6.45) is 1.65. The molecule has 1 aromatic carbocycles. The highest BCUT2D eigenvalue weighted by atomic mass is 16.7. The Hall–Kier alpha value is -3.54. The maximum atomic E-state index is 13.3. The summed E-state index contributed by atoms with van der Waals surface area (Å²) in [5.41, 5.74) is -1.57. The quantitative estimate of drug-likeness (QED) is 0.462. The molecule has 2 aliphatic rings. The number of carbonyl (C=O) groups excluding carboxylic acids is 3. The van der Waals surface area contributed by atoms with Gasteiger partial charge in [-0.1, -0.05) is 12.1 Å². The molecule has 1 heterocycles. The molecular weight excluding hydrogens is 418 g/mol. The molecule has 1 aliphatic heterocycles. The Bertz CT molecular complexity index is 979. The molecule has 1 aromatic rings. The second kappa shape index (κ2) is 9.73. The molecule has 0 unspecified atom stereocenters. The summed E-state index contributed by atoms with van der Waals surface area (Å²) in [7, 11) is 0. The summed E-state index contributed by atoms with van der Waals surface area (Å²) < 4.78 is 26.3. The molecule has 9 heteroatoms. The van der Waals surface area contributed by atoms with Crippen molar-refractivity contribution in [3.63, 3.8) is 0 Å². The Balaban J connectivity index is 2.22. The number of esters is 3. The molecule has 3 atom stereocenters. The lowest BCUT2D eigenvalue weighted by atomic mass is 9.58. The van der Waals surface area contributed by atoms with Crippen LogP contribution in [0.15, 0.2) is 29.8 Å². The van der Waals surface area contributed by atoms with Crippen molar-refractivity contribution in [3.05, 3.63) is 35.4 Å². The molecular formula is C23H25NO8. The number of nitriles is 1. The molecule has 9 nitrogen and oxygen atoms in total. The van der Waals surface area contributed by atoms with Crippen molar-refractivity contribution in [1.29, 1.82) is 5.26 Å². The molecule has 0 saturated heterocycles. The molecule has 0 amide bonds. The zero-order valence-corrected chi connectivity index (χ0v) is 18.2. The lowest BCUT2D eigenvalue weighted by molar-refractivity contribution is -0.167. The Labute approximate surface area is 185 Å². The topological polar surface area (TPSA) is 121 Å². The number of carbonyl (C=O) groups is 3. The number of hydrogen-bond donors (Lipinski definition) is 0. The van der Waals surface area contributed by atoms with E-state index in [1.165, 1.54) is 6.08 Å². The molecule has 0 saturated carbocycles. The van der Waals surface area contributed by atoms with E-state index in [0.717, 1.165) is 0 Å². The smallest absolute Gasteiger partial charge is 0.334 e. The van der Waals surface area contributed by atoms with Crippen LogP contribution in [0.2, 0.25) is 0 Å². The zero-order valence-electron chi connectivity index (χ0n) is 18.2. The highest BCUT2D eigenvalue weighted by molar-refractivity contribution is 6.01. The maximum absolute atomic E-state index is 13.3. The van der Waals surface area contributed by atoms with Crippen molar-refractivity contribution in [2.45, 2.75) is 33.1 Å². The van der Waals surface area contributed by atoms with Gasteiger partial charge in [0.25, 0.3) is 0 Å². The van der Waals surface area contributed by atoms with Gasteiger partial charge in [-0.25, -0.2) is 4.79 Å². The summed E-state index contributed by atoms with van der Waals surface area (Å²) in [6.45, 7) is 4.94. The molecule has 1 aliphatic carbocycles. The van der Waals surface area contributed by atoms with Gasteiger partial charge in [0.1, 0.15) is 5.92 Å². The number of benzene rings is 1. The van der Waals surface area contributed by atoms with Crippen molar-refractivity contribution < 1.29 is 38.1 Å². The van der Waals surface area contributed by atoms with Gasteiger partial charge in [-0.2, -0.15) is 5.26 Å². The van der Waals surface area contributed by atoms with Crippen LogP contribution < -0.4 is 9.47 Å². The number of hydrogen-bond acceptors (Lipinski definition) is 9. The Morgan fingerprint density at radius 3 is 2.41 bits per heavy atom. The first-order chi connectivity index (χ1) is 15.4. The fourth-order valence-corrected chi connectivity index (χ4v) is 4.18. The van der Waals surface area contributed by atoms with Crippen molar-refractivity contribution in [3.8, 4) is 17.6 Å². The Morgan fingerprint density at radius 1 is 1.06 bits per heavy atom. The van der Waals surface area contributed by atoms with Crippen LogP contribution in [-0.4, -0.2) is 44.5 Å². The Morgan fingerprint density at radius 2 is 1.75 bits per heavy atom. The van der Waals surface area contributed by atoms with E-state index in [9.17, 15) is 19.6 Å². The summed E-state index contributed by atoms with van der Waals surface area (Å²) in [5.74, 6) is -3.88. The molecule has 3 rings (SSSR count). The lowest BCUT2D eigenvalue weighted by Gasteiger charge is -2.41. The van der Waals surface area contributed by atoms with E-state index in [0.29, 0.717) is 17.1 Å². The van der Waals surface area contributed by atoms with E-state index >= 15 is 0 Å². The molecule has 0 spiro atoms. The third-order valence-corrected chi connectivity index (χ3v) is 5.52. The lowest BCUT2D eigenvalue weighted by Crippen LogP contribution is -2.51. The van der Waals surface area contributed by atoms with Crippen LogP contribution >= 0.6 is 0 Å². The van der Waals surface area contributed by atoms with Crippen LogP contribution in [0.1, 0.15) is 38.7 Å². The highest BCUT2D eigenvalue weighted by Gasteiger charge is 2.61. The zero-order chi connectivity index (χ0) is 23.3. The molecule has 0 bridgehead atoms. The van der Waals surface area contributed by atoms with Crippen LogP contribution in [0, 0.1) is 22.7 Å². The summed E-state index contributed by atoms with van der Waals surface area (Å²) in [5, 5.41) is 10.4. The molecule has 32 heavy (non-hydrogen) atoms. The predicted octanol–water partition coefficient (Wildman–Crippen LogP) is 2.64. The first-order valence-electron chi connectivity index (χ1n) is 10.5. The van der Waals surface area contributed by atoms with Crippen molar-refractivity contribution in [2.24, 2.45) is 11.3 Å². The van der Waals surface area contributed by atoms with Crippen molar-refractivity contribution in [2.75, 3.05) is 26.6 Å². The molecule has 0 N–H and O–H groups in total. The third kappa shape index (κ3) is 3.88. The van der Waals surface area contributed by atoms with Crippen LogP contribution in [0.25, 0.3) is 0 Å². The Kier molecular flexibility index (Phi) is 7.03. The van der Waals surface area contributed by atoms with Gasteiger partial charge in [-0.3, -0.25) is 9.59 Å². The fourth-order valence-electron chi connectivity index (χ4n) is 4.18. The second-order valence-electron chi connectivity index (χ2n) is 7.17. The SMILES string of the molecule is CCOC(=O)C1=CC[C@H](c2ccc3c(c2)OCO3)[C@@](C#N)(C(=O)OCC)[C@@H]1C(=O)OCC. The number of nitrogens with zero attached hydrogens (tertiary/aromatic N) is 1. The third-order valence-electron chi connectivity index (χ3n) is 5.52. The first kappa shape index (κ1) is 23.1. The molecule has 0 radical (unpaired) electrons. The van der Waals surface area contributed by atoms with Gasteiger partial charge in [0, 0.05) is 11.5 Å². The second-order valence-corrected chi connectivity index (χ2v) is 7.17. The van der Waals surface area contributed by atoms with Crippen LogP contribution in [-0.2, 0) is 28.6 Å². The van der Waals surface area contributed by atoms with Gasteiger partial charge >= 0.3 is 17.9 Å². The van der Waals surface area contributed by atoms with Crippen LogP contribution in [0.3, 0.4) is 0 Å². The van der Waals surface area contributed by atoms with E-state index in [-0.39, 0.29) is 38.6 Å². The fraction of sp³-hybridized carbons (Fsp3) is 0.478. The van der Waals surface area contributed by atoms with Gasteiger partial charge in [0.2, 0.25) is 6.79 Å². The van der Waals surface area contributed by atoms with E-state index < -0.39 is 35.2 Å². The predicted molar refractivity (Wildman–Crippen MR) is 109 cm³/mol. The number of allylic oxidation sites excluding steroid dienone is 1. The minimum atomic E-state index is -2.05. The van der Waals surface area contributed by atoms with E-state index in [4.69, 9.17) is 23.7 Å². The van der Waals surface area contributed by atoms with Crippen LogP contribution in [0.4, 0.5) is 0 Å². The molecule has 0 aromatic heterocycles. The van der Waals surface area contributed by atoms with Gasteiger partial charge in [0.15, 0.2) is 16.9 Å². The largest absolute Gasteiger partial charge is 0.465 e. The van der Waals surface area contributed by atoms with E-state index in [2.05, 4.69) is 0 Å². The van der Waals surface area contributed by atoms with E-state index in [1.807, 2.05) is 6.07 Å². The summed E-state index contributed by atoms with van der Waals surface area (Å²) in [4.78, 5) is 39.1. The standard InChI is InChI=1S/C23H25NO8/c1-4-28-20(25)15-8-9-16(14-7-10-17-18(11-14)32-13-31-17)23(12-24,22(27)30-6-3)19(15)21(26)29-5-2/h7-8,10-11,16,19H,4-6,9,13H2,1-3H3/t16-,19+,23-/m1/s1. The number of fused-ring (bicyclic) bond motifs is 1. The summed E-state index contributed by atoms with van der Waals surface area (Å²) in [6, 6.07) is 7.09. The summed E-state index contributed by atoms with van der Waals surface area (Å²) >= 11 is 0. The van der Waals surface area contributed by atoms with Gasteiger partial charge in [0.05, 0.1) is 25.9 Å². The first-order valence-corrected chi connectivity index (χ1v) is 10.5.